The first-order valence-electron chi connectivity index (χ1n) is 40.9. The van der Waals surface area contributed by atoms with E-state index >= 15 is 0 Å². The van der Waals surface area contributed by atoms with Crippen LogP contribution in [0.4, 0.5) is 102 Å². The summed E-state index contributed by atoms with van der Waals surface area (Å²) in [5, 5.41) is 0. The minimum Gasteiger partial charge on any atom is -0.310 e. The maximum atomic E-state index is 2.54. The van der Waals surface area contributed by atoms with Crippen LogP contribution < -0.4 is 29.4 Å². The largest absolute Gasteiger partial charge is 0.310 e. The molecule has 0 N–H and O–H groups in total. The van der Waals surface area contributed by atoms with Gasteiger partial charge in [0, 0.05) is 73.2 Å². The van der Waals surface area contributed by atoms with Gasteiger partial charge in [-0.05, 0) is 173 Å². The average molecular weight is 1540 g/mol. The zero-order chi connectivity index (χ0) is 80.2. The van der Waals surface area contributed by atoms with E-state index in [0.29, 0.717) is 0 Å². The van der Waals surface area contributed by atoms with Crippen LogP contribution in [0, 0.1) is 0 Å². The smallest absolute Gasteiger partial charge is 0.0618 e. The van der Waals surface area contributed by atoms with Crippen molar-refractivity contribution in [3.63, 3.8) is 0 Å². The van der Waals surface area contributed by atoms with Crippen LogP contribution in [0.2, 0.25) is 0 Å². The summed E-state index contributed by atoms with van der Waals surface area (Å²) in [5.74, 6) is 0. The maximum absolute atomic E-state index is 2.54. The first kappa shape index (κ1) is 74.1. The second-order valence-electron chi connectivity index (χ2n) is 29.6. The Hall–Kier alpha value is -16.0. The Bertz CT molecular complexity index is 6300. The first-order chi connectivity index (χ1) is 59.6. The maximum Gasteiger partial charge on any atom is 0.0618 e. The monoisotopic (exact) mass is 1540 g/mol. The van der Waals surface area contributed by atoms with Crippen molar-refractivity contribution in [2.45, 2.75) is 0 Å². The van der Waals surface area contributed by atoms with Gasteiger partial charge < -0.3 is 29.4 Å². The summed E-state index contributed by atoms with van der Waals surface area (Å²) in [5.41, 5.74) is 30.4. The molecule has 0 aromatic heterocycles. The van der Waals surface area contributed by atoms with Crippen LogP contribution in [0.3, 0.4) is 0 Å². The molecule has 19 aromatic rings. The molecule has 0 aliphatic carbocycles. The van der Waals surface area contributed by atoms with Crippen molar-refractivity contribution in [1.29, 1.82) is 0 Å². The Kier molecular flexibility index (Phi) is 21.4. The van der Waals surface area contributed by atoms with Gasteiger partial charge in [-0.3, -0.25) is 0 Å². The highest BCUT2D eigenvalue weighted by Crippen LogP contribution is 2.55. The van der Waals surface area contributed by atoms with Gasteiger partial charge in [0.05, 0.1) is 62.6 Å². The molecule has 0 spiro atoms. The predicted octanol–water partition coefficient (Wildman–Crippen LogP) is 32.5. The molecule has 570 valence electrons. The molecule has 0 bridgehead atoms. The van der Waals surface area contributed by atoms with Gasteiger partial charge in [-0.25, -0.2) is 0 Å². The van der Waals surface area contributed by atoms with Gasteiger partial charge in [-0.15, -0.1) is 0 Å². The summed E-state index contributed by atoms with van der Waals surface area (Å²) in [4.78, 5) is 14.8. The van der Waals surface area contributed by atoms with E-state index in [1.165, 1.54) is 0 Å². The molecule has 19 rings (SSSR count). The first-order valence-corrected chi connectivity index (χ1v) is 40.9. The van der Waals surface area contributed by atoms with Crippen molar-refractivity contribution in [3.05, 3.63) is 510 Å². The summed E-state index contributed by atoms with van der Waals surface area (Å²) >= 11 is 0. The third kappa shape index (κ3) is 15.4. The molecule has 0 saturated carbocycles. The number of rotatable bonds is 24. The fourth-order valence-electron chi connectivity index (χ4n) is 16.8. The Labute approximate surface area is 703 Å². The van der Waals surface area contributed by atoms with Gasteiger partial charge in [-0.2, -0.15) is 0 Å². The van der Waals surface area contributed by atoms with Crippen LogP contribution in [0.15, 0.2) is 510 Å². The van der Waals surface area contributed by atoms with E-state index in [0.717, 1.165) is 169 Å². The standard InChI is InChI=1S/C114H84N6/c1-12-44-85(45-13-1)104-68-34-38-74-110(104)116(92-58-26-8-27-59-92)99-79-98(80-100(81-99)117(93-60-28-9-29-61-93)111-75-39-35-69-105(111)86-46-14-2-15-47-86)115(91-56-24-7-25-57-91)96-66-42-67-97(78-96)120(114-108(89-52-20-5-21-53-89)72-43-73-109(114)90-54-22-6-23-55-90)103-83-101(118(94-62-30-10-31-63-94)112-76-40-36-70-106(112)87-48-16-3-17-49-87)82-102(84-103)119(95-64-32-11-33-65-95)113-77-41-37-71-107(113)88-50-18-4-19-51-88/h1-84H. The lowest BCUT2D eigenvalue weighted by Crippen LogP contribution is -2.18. The van der Waals surface area contributed by atoms with Crippen LogP contribution in [-0.4, -0.2) is 0 Å². The lowest BCUT2D eigenvalue weighted by Gasteiger charge is -2.36. The quantitative estimate of drug-likeness (QED) is 0.0596. The summed E-state index contributed by atoms with van der Waals surface area (Å²) < 4.78 is 0. The molecule has 6 heteroatoms. The number of para-hydroxylation sites is 10. The van der Waals surface area contributed by atoms with E-state index in [4.69, 9.17) is 0 Å². The van der Waals surface area contributed by atoms with Crippen LogP contribution in [0.5, 0.6) is 0 Å². The molecule has 0 radical (unpaired) electrons. The molecule has 0 amide bonds. The van der Waals surface area contributed by atoms with E-state index in [-0.39, 0.29) is 0 Å². The summed E-state index contributed by atoms with van der Waals surface area (Å²) in [6, 6.07) is 185. The van der Waals surface area contributed by atoms with Crippen molar-refractivity contribution in [1.82, 2.24) is 0 Å². The molecule has 0 atom stereocenters. The fraction of sp³-hybridized carbons (Fsp3) is 0. The van der Waals surface area contributed by atoms with Crippen LogP contribution in [0.25, 0.3) is 66.8 Å². The molecule has 0 aliphatic rings. The Morgan fingerprint density at radius 2 is 0.258 bits per heavy atom. The number of nitrogens with zero attached hydrogens (tertiary/aromatic N) is 6. The van der Waals surface area contributed by atoms with Gasteiger partial charge in [0.2, 0.25) is 0 Å². The Morgan fingerprint density at radius 3 is 0.517 bits per heavy atom. The van der Waals surface area contributed by atoms with Crippen molar-refractivity contribution in [3.8, 4) is 66.8 Å². The second-order valence-corrected chi connectivity index (χ2v) is 29.6. The van der Waals surface area contributed by atoms with Crippen molar-refractivity contribution < 1.29 is 0 Å². The molecular formula is C114H84N6. The molecule has 120 heavy (non-hydrogen) atoms. The van der Waals surface area contributed by atoms with E-state index in [1.54, 1.807) is 0 Å². The molecule has 0 aliphatic heterocycles. The third-order valence-electron chi connectivity index (χ3n) is 22.1. The van der Waals surface area contributed by atoms with Crippen LogP contribution in [-0.2, 0) is 0 Å². The van der Waals surface area contributed by atoms with Gasteiger partial charge in [0.25, 0.3) is 0 Å². The normalized spacial score (nSPS) is 11.0. The minimum absolute atomic E-state index is 0.901. The van der Waals surface area contributed by atoms with Crippen molar-refractivity contribution >= 4 is 102 Å². The van der Waals surface area contributed by atoms with E-state index in [9.17, 15) is 0 Å². The molecule has 6 nitrogen and oxygen atoms in total. The Morgan fingerprint density at radius 1 is 0.100 bits per heavy atom. The summed E-state index contributed by atoms with van der Waals surface area (Å²) in [6.45, 7) is 0. The van der Waals surface area contributed by atoms with E-state index in [1.807, 2.05) is 0 Å². The molecule has 0 fully saturated rings. The summed E-state index contributed by atoms with van der Waals surface area (Å²) in [6.07, 6.45) is 0. The highest BCUT2D eigenvalue weighted by atomic mass is 15.2. The molecule has 0 heterocycles. The van der Waals surface area contributed by atoms with Crippen LogP contribution in [0.1, 0.15) is 0 Å². The molecule has 0 unspecified atom stereocenters. The zero-order valence-corrected chi connectivity index (χ0v) is 66.2. The molecule has 19 aromatic carbocycles. The Balaban J connectivity index is 0.923. The predicted molar refractivity (Wildman–Crippen MR) is 507 cm³/mol. The fourth-order valence-corrected chi connectivity index (χ4v) is 16.8. The lowest BCUT2D eigenvalue weighted by atomic mass is 9.94. The SMILES string of the molecule is c1ccc(-c2ccccc2N(c2ccccc2)c2cc(N(c3ccccc3)c3cccc(N(c4cc(N(c5ccccc5)c5ccccc5-c5ccccc5)cc(N(c5ccccc5)c5ccccc5-c5ccccc5)c4)c4c(-c5ccccc5)cccc4-c4ccccc4)c3)cc(N(c3ccccc3)c3ccccc3-c3ccccc3)c2)cc1. The minimum atomic E-state index is 0.901. The van der Waals surface area contributed by atoms with Crippen molar-refractivity contribution in [2.75, 3.05) is 29.4 Å². The second kappa shape index (κ2) is 34.6. The molecular weight excluding hydrogens is 1450 g/mol. The summed E-state index contributed by atoms with van der Waals surface area (Å²) in [7, 11) is 0. The van der Waals surface area contributed by atoms with Gasteiger partial charge >= 0.3 is 0 Å². The number of benzene rings is 19. The third-order valence-corrected chi connectivity index (χ3v) is 22.1. The van der Waals surface area contributed by atoms with Gasteiger partial charge in [-0.1, -0.05) is 370 Å². The van der Waals surface area contributed by atoms with Crippen LogP contribution >= 0.6 is 0 Å². The lowest BCUT2D eigenvalue weighted by molar-refractivity contribution is 1.21. The topological polar surface area (TPSA) is 19.4 Å². The number of hydrogen-bond donors (Lipinski definition) is 0. The van der Waals surface area contributed by atoms with E-state index in [2.05, 4.69) is 539 Å². The highest BCUT2D eigenvalue weighted by Gasteiger charge is 2.31. The number of hydrogen-bond acceptors (Lipinski definition) is 6. The zero-order valence-electron chi connectivity index (χ0n) is 66.2. The van der Waals surface area contributed by atoms with Gasteiger partial charge in [0.15, 0.2) is 0 Å². The average Bonchev–Trinajstić information content (AvgIpc) is 0.744. The molecule has 0 saturated heterocycles. The van der Waals surface area contributed by atoms with Crippen molar-refractivity contribution in [2.24, 2.45) is 0 Å². The van der Waals surface area contributed by atoms with Gasteiger partial charge in [0.1, 0.15) is 0 Å². The number of anilines is 18. The highest BCUT2D eigenvalue weighted by molar-refractivity contribution is 6.03. The van der Waals surface area contributed by atoms with E-state index < -0.39 is 0 Å².